The van der Waals surface area contributed by atoms with Crippen LogP contribution >= 0.6 is 11.5 Å². The zero-order valence-electron chi connectivity index (χ0n) is 7.64. The first-order valence-corrected chi connectivity index (χ1v) is 4.67. The predicted molar refractivity (Wildman–Crippen MR) is 50.0 cm³/mol. The fourth-order valence-corrected chi connectivity index (χ4v) is 2.06. The molecule has 0 aliphatic rings. The molecule has 11 heavy (non-hydrogen) atoms. The van der Waals surface area contributed by atoms with Crippen LogP contribution < -0.4 is 0 Å². The first kappa shape index (κ1) is 8.72. The van der Waals surface area contributed by atoms with Crippen molar-refractivity contribution in [2.75, 3.05) is 0 Å². The van der Waals surface area contributed by atoms with Crippen molar-refractivity contribution in [2.45, 2.75) is 34.1 Å². The molecule has 0 unspecified atom stereocenters. The Morgan fingerprint density at radius 2 is 2.09 bits per heavy atom. The van der Waals surface area contributed by atoms with Crippen molar-refractivity contribution in [3.63, 3.8) is 0 Å². The molecule has 0 fully saturated rings. The van der Waals surface area contributed by atoms with E-state index in [-0.39, 0.29) is 0 Å². The van der Waals surface area contributed by atoms with Crippen molar-refractivity contribution >= 4 is 11.5 Å². The molecule has 0 atom stereocenters. The van der Waals surface area contributed by atoms with Gasteiger partial charge in [-0.05, 0) is 36.4 Å². The Bertz CT molecular complexity index is 232. The number of nitrogens with zero attached hydrogens (tertiary/aromatic N) is 1. The second-order valence-corrected chi connectivity index (χ2v) is 5.06. The van der Waals surface area contributed by atoms with Crippen LogP contribution in [0.4, 0.5) is 0 Å². The highest BCUT2D eigenvalue weighted by Gasteiger charge is 2.12. The van der Waals surface area contributed by atoms with Gasteiger partial charge in [0.2, 0.25) is 0 Å². The zero-order valence-corrected chi connectivity index (χ0v) is 8.46. The molecule has 1 aromatic rings. The predicted octanol–water partition coefficient (Wildman–Crippen LogP) is 3.04. The Labute approximate surface area is 72.6 Å². The standard InChI is InChI=1S/C9H15NS/c1-7-5-8(11-10-7)6-9(2,3)4/h5H,6H2,1-4H3. The second-order valence-electron chi connectivity index (χ2n) is 4.17. The van der Waals surface area contributed by atoms with Gasteiger partial charge in [-0.3, -0.25) is 0 Å². The molecule has 0 amide bonds. The fourth-order valence-electron chi connectivity index (χ4n) is 1.02. The van der Waals surface area contributed by atoms with Gasteiger partial charge in [-0.2, -0.15) is 4.37 Å². The third kappa shape index (κ3) is 3.02. The molecule has 1 heterocycles. The van der Waals surface area contributed by atoms with E-state index in [4.69, 9.17) is 0 Å². The smallest absolute Gasteiger partial charge is 0.0514 e. The number of aromatic nitrogens is 1. The molecule has 0 aromatic carbocycles. The lowest BCUT2D eigenvalue weighted by Crippen LogP contribution is -2.07. The number of hydrogen-bond acceptors (Lipinski definition) is 2. The number of aryl methyl sites for hydroxylation is 1. The van der Waals surface area contributed by atoms with Crippen LogP contribution in [-0.2, 0) is 6.42 Å². The van der Waals surface area contributed by atoms with Crippen LogP contribution in [0.1, 0.15) is 31.3 Å². The summed E-state index contributed by atoms with van der Waals surface area (Å²) >= 11 is 1.63. The molecule has 0 aliphatic heterocycles. The van der Waals surface area contributed by atoms with Crippen molar-refractivity contribution in [3.05, 3.63) is 16.6 Å². The molecule has 62 valence electrons. The van der Waals surface area contributed by atoms with Gasteiger partial charge in [0.15, 0.2) is 0 Å². The largest absolute Gasteiger partial charge is 0.198 e. The van der Waals surface area contributed by atoms with Gasteiger partial charge in [0.05, 0.1) is 5.69 Å². The molecule has 0 saturated heterocycles. The molecule has 0 spiro atoms. The maximum absolute atomic E-state index is 4.24. The highest BCUT2D eigenvalue weighted by atomic mass is 32.1. The Balaban J connectivity index is 2.65. The van der Waals surface area contributed by atoms with E-state index in [0.29, 0.717) is 5.41 Å². The van der Waals surface area contributed by atoms with Gasteiger partial charge < -0.3 is 0 Å². The molecule has 2 heteroatoms. The van der Waals surface area contributed by atoms with Crippen LogP contribution in [0.3, 0.4) is 0 Å². The Hall–Kier alpha value is -0.370. The Kier molecular flexibility index (Phi) is 2.33. The first-order chi connectivity index (χ1) is 4.97. The summed E-state index contributed by atoms with van der Waals surface area (Å²) in [5.41, 5.74) is 1.54. The molecule has 0 aliphatic carbocycles. The summed E-state index contributed by atoms with van der Waals surface area (Å²) < 4.78 is 4.24. The molecule has 0 bridgehead atoms. The lowest BCUT2D eigenvalue weighted by atomic mass is 9.91. The highest BCUT2D eigenvalue weighted by Crippen LogP contribution is 2.23. The molecule has 1 rings (SSSR count). The minimum Gasteiger partial charge on any atom is -0.198 e. The summed E-state index contributed by atoms with van der Waals surface area (Å²) in [7, 11) is 0. The molecule has 1 nitrogen and oxygen atoms in total. The van der Waals surface area contributed by atoms with E-state index in [9.17, 15) is 0 Å². The Morgan fingerprint density at radius 3 is 2.45 bits per heavy atom. The third-order valence-corrected chi connectivity index (χ3v) is 2.26. The quantitative estimate of drug-likeness (QED) is 0.629. The number of hydrogen-bond donors (Lipinski definition) is 0. The van der Waals surface area contributed by atoms with Crippen LogP contribution in [-0.4, -0.2) is 4.37 Å². The summed E-state index contributed by atoms with van der Waals surface area (Å²) in [6, 6.07) is 2.18. The van der Waals surface area contributed by atoms with E-state index in [1.54, 1.807) is 11.5 Å². The monoisotopic (exact) mass is 169 g/mol. The van der Waals surface area contributed by atoms with Crippen molar-refractivity contribution in [2.24, 2.45) is 5.41 Å². The van der Waals surface area contributed by atoms with E-state index in [0.717, 1.165) is 12.1 Å². The van der Waals surface area contributed by atoms with Crippen molar-refractivity contribution in [1.29, 1.82) is 0 Å². The molecule has 1 aromatic heterocycles. The molecule has 0 N–H and O–H groups in total. The normalized spacial score (nSPS) is 12.0. The average molecular weight is 169 g/mol. The van der Waals surface area contributed by atoms with Crippen molar-refractivity contribution in [1.82, 2.24) is 4.37 Å². The van der Waals surface area contributed by atoms with E-state index in [1.165, 1.54) is 4.88 Å². The van der Waals surface area contributed by atoms with Gasteiger partial charge in [0.25, 0.3) is 0 Å². The van der Waals surface area contributed by atoms with E-state index in [2.05, 4.69) is 31.2 Å². The van der Waals surface area contributed by atoms with E-state index >= 15 is 0 Å². The summed E-state index contributed by atoms with van der Waals surface area (Å²) in [5.74, 6) is 0. The van der Waals surface area contributed by atoms with Crippen molar-refractivity contribution in [3.8, 4) is 0 Å². The third-order valence-electron chi connectivity index (χ3n) is 1.38. The Morgan fingerprint density at radius 1 is 1.45 bits per heavy atom. The van der Waals surface area contributed by atoms with Gasteiger partial charge in [-0.15, -0.1) is 0 Å². The van der Waals surface area contributed by atoms with E-state index < -0.39 is 0 Å². The molecule has 0 radical (unpaired) electrons. The highest BCUT2D eigenvalue weighted by molar-refractivity contribution is 7.05. The minimum absolute atomic E-state index is 0.388. The topological polar surface area (TPSA) is 12.9 Å². The summed E-state index contributed by atoms with van der Waals surface area (Å²) in [4.78, 5) is 1.40. The second kappa shape index (κ2) is 2.94. The lowest BCUT2D eigenvalue weighted by molar-refractivity contribution is 0.414. The first-order valence-electron chi connectivity index (χ1n) is 3.89. The number of rotatable bonds is 1. The van der Waals surface area contributed by atoms with Gasteiger partial charge in [-0.25, -0.2) is 0 Å². The van der Waals surface area contributed by atoms with Crippen LogP contribution in [0, 0.1) is 12.3 Å². The van der Waals surface area contributed by atoms with Gasteiger partial charge in [-0.1, -0.05) is 20.8 Å². The average Bonchev–Trinajstić information content (AvgIpc) is 2.10. The van der Waals surface area contributed by atoms with Crippen LogP contribution in [0.25, 0.3) is 0 Å². The summed E-state index contributed by atoms with van der Waals surface area (Å²) in [6.07, 6.45) is 1.14. The van der Waals surface area contributed by atoms with Gasteiger partial charge in [0, 0.05) is 4.88 Å². The molecular formula is C9H15NS. The minimum atomic E-state index is 0.388. The van der Waals surface area contributed by atoms with Crippen LogP contribution in [0.5, 0.6) is 0 Å². The van der Waals surface area contributed by atoms with E-state index in [1.807, 2.05) is 6.92 Å². The molecular weight excluding hydrogens is 154 g/mol. The maximum atomic E-state index is 4.24. The summed E-state index contributed by atoms with van der Waals surface area (Å²) in [5, 5.41) is 0. The van der Waals surface area contributed by atoms with Crippen molar-refractivity contribution < 1.29 is 0 Å². The summed E-state index contributed by atoms with van der Waals surface area (Å²) in [6.45, 7) is 8.80. The van der Waals surface area contributed by atoms with Crippen LogP contribution in [0.2, 0.25) is 0 Å². The maximum Gasteiger partial charge on any atom is 0.0514 e. The fraction of sp³-hybridized carbons (Fsp3) is 0.667. The molecule has 0 saturated carbocycles. The van der Waals surface area contributed by atoms with Crippen LogP contribution in [0.15, 0.2) is 6.07 Å². The zero-order chi connectivity index (χ0) is 8.48. The lowest BCUT2D eigenvalue weighted by Gasteiger charge is -2.15. The van der Waals surface area contributed by atoms with Gasteiger partial charge >= 0.3 is 0 Å². The SMILES string of the molecule is Cc1cc(CC(C)(C)C)sn1. The van der Waals surface area contributed by atoms with Gasteiger partial charge in [0.1, 0.15) is 0 Å².